The molecule has 3 rings (SSSR count). The van der Waals surface area contributed by atoms with Gasteiger partial charge in [0.2, 0.25) is 0 Å². The summed E-state index contributed by atoms with van der Waals surface area (Å²) in [5.74, 6) is 2.29. The first-order valence-electron chi connectivity index (χ1n) is 10.5. The molecule has 6 nitrogen and oxygen atoms in total. The molecule has 2 aromatic carbocycles. The topological polar surface area (TPSA) is 60.0 Å². The number of urea groups is 1. The predicted molar refractivity (Wildman–Crippen MR) is 117 cm³/mol. The average Bonchev–Trinajstić information content (AvgIpc) is 3.22. The Labute approximate surface area is 179 Å². The molecule has 1 saturated heterocycles. The lowest BCUT2D eigenvalue weighted by Crippen LogP contribution is -2.40. The van der Waals surface area contributed by atoms with Crippen molar-refractivity contribution in [2.24, 2.45) is 0 Å². The summed E-state index contributed by atoms with van der Waals surface area (Å²) in [6.07, 6.45) is 1.97. The molecule has 162 valence electrons. The van der Waals surface area contributed by atoms with Crippen LogP contribution in [0.3, 0.4) is 0 Å². The quantitative estimate of drug-likeness (QED) is 0.687. The van der Waals surface area contributed by atoms with Crippen molar-refractivity contribution in [1.82, 2.24) is 10.2 Å². The number of hydrogen-bond acceptors (Lipinski definition) is 4. The zero-order valence-electron chi connectivity index (χ0n) is 18.5. The van der Waals surface area contributed by atoms with Gasteiger partial charge in [0.15, 0.2) is 0 Å². The van der Waals surface area contributed by atoms with Crippen molar-refractivity contribution in [3.05, 3.63) is 53.6 Å². The van der Waals surface area contributed by atoms with E-state index in [1.807, 2.05) is 68.1 Å². The molecule has 30 heavy (non-hydrogen) atoms. The van der Waals surface area contributed by atoms with Crippen molar-refractivity contribution in [2.75, 3.05) is 20.8 Å². The molecule has 0 bridgehead atoms. The largest absolute Gasteiger partial charge is 0.497 e. The lowest BCUT2D eigenvalue weighted by Gasteiger charge is -2.28. The van der Waals surface area contributed by atoms with E-state index in [2.05, 4.69) is 5.32 Å². The lowest BCUT2D eigenvalue weighted by molar-refractivity contribution is 0.188. The maximum Gasteiger partial charge on any atom is 0.318 e. The summed E-state index contributed by atoms with van der Waals surface area (Å²) in [5.41, 5.74) is 2.02. The number of likely N-dealkylation sites (tertiary alicyclic amines) is 1. The molecular weight excluding hydrogens is 380 g/mol. The first kappa shape index (κ1) is 21.8. The van der Waals surface area contributed by atoms with Gasteiger partial charge >= 0.3 is 6.03 Å². The van der Waals surface area contributed by atoms with Crippen LogP contribution in [0.15, 0.2) is 42.5 Å². The summed E-state index contributed by atoms with van der Waals surface area (Å²) in [6, 6.07) is 13.4. The summed E-state index contributed by atoms with van der Waals surface area (Å²) < 4.78 is 16.7. The molecule has 1 fully saturated rings. The van der Waals surface area contributed by atoms with Gasteiger partial charge in [0.1, 0.15) is 17.2 Å². The Morgan fingerprint density at radius 3 is 2.57 bits per heavy atom. The lowest BCUT2D eigenvalue weighted by atomic mass is 10.0. The van der Waals surface area contributed by atoms with Gasteiger partial charge in [0.25, 0.3) is 0 Å². The first-order valence-corrected chi connectivity index (χ1v) is 10.5. The molecule has 0 radical (unpaired) electrons. The second kappa shape index (κ2) is 9.74. The Morgan fingerprint density at radius 2 is 1.87 bits per heavy atom. The van der Waals surface area contributed by atoms with Crippen LogP contribution in [0.4, 0.5) is 4.79 Å². The van der Waals surface area contributed by atoms with Crippen molar-refractivity contribution in [3.8, 4) is 17.2 Å². The second-order valence-electron chi connectivity index (χ2n) is 7.87. The molecule has 2 atom stereocenters. The van der Waals surface area contributed by atoms with Gasteiger partial charge in [-0.2, -0.15) is 0 Å². The zero-order valence-corrected chi connectivity index (χ0v) is 18.5. The third-order valence-corrected chi connectivity index (χ3v) is 5.38. The Balaban J connectivity index is 1.73. The van der Waals surface area contributed by atoms with E-state index in [-0.39, 0.29) is 24.2 Å². The van der Waals surface area contributed by atoms with Crippen LogP contribution in [-0.4, -0.2) is 37.8 Å². The third-order valence-electron chi connectivity index (χ3n) is 5.38. The highest BCUT2D eigenvalue weighted by molar-refractivity contribution is 5.76. The van der Waals surface area contributed by atoms with Gasteiger partial charge in [-0.05, 0) is 63.4 Å². The fraction of sp³-hybridized carbons (Fsp3) is 0.458. The van der Waals surface area contributed by atoms with E-state index in [0.717, 1.165) is 47.8 Å². The Kier molecular flexibility index (Phi) is 7.08. The molecule has 0 saturated carbocycles. The standard InChI is InChI=1S/C24H32N2O4/c1-16(2)30-20-9-6-8-18(14-20)17(3)25-24(27)26-13-7-10-22(26)21-12-11-19(28-4)15-23(21)29-5/h6,8-9,11-12,14-17,22H,7,10,13H2,1-5H3,(H,25,27). The molecule has 1 N–H and O–H groups in total. The highest BCUT2D eigenvalue weighted by Crippen LogP contribution is 2.38. The van der Waals surface area contributed by atoms with E-state index in [9.17, 15) is 4.79 Å². The van der Waals surface area contributed by atoms with Crippen LogP contribution in [-0.2, 0) is 0 Å². The van der Waals surface area contributed by atoms with Gasteiger partial charge in [-0.15, -0.1) is 0 Å². The smallest absolute Gasteiger partial charge is 0.318 e. The maximum atomic E-state index is 13.1. The van der Waals surface area contributed by atoms with Crippen molar-refractivity contribution in [3.63, 3.8) is 0 Å². The number of methoxy groups -OCH3 is 2. The molecule has 1 aliphatic heterocycles. The van der Waals surface area contributed by atoms with Crippen LogP contribution < -0.4 is 19.5 Å². The zero-order chi connectivity index (χ0) is 21.7. The summed E-state index contributed by atoms with van der Waals surface area (Å²) in [5, 5.41) is 3.14. The van der Waals surface area contributed by atoms with Crippen molar-refractivity contribution in [2.45, 2.75) is 51.8 Å². The van der Waals surface area contributed by atoms with E-state index < -0.39 is 0 Å². The minimum atomic E-state index is -0.132. The molecule has 2 aromatic rings. The number of nitrogens with zero attached hydrogens (tertiary/aromatic N) is 1. The van der Waals surface area contributed by atoms with Crippen molar-refractivity contribution < 1.29 is 19.0 Å². The van der Waals surface area contributed by atoms with E-state index in [0.29, 0.717) is 0 Å². The van der Waals surface area contributed by atoms with Crippen LogP contribution in [0.1, 0.15) is 56.8 Å². The first-order chi connectivity index (χ1) is 14.4. The maximum absolute atomic E-state index is 13.1. The molecular formula is C24H32N2O4. The minimum Gasteiger partial charge on any atom is -0.497 e. The number of hydrogen-bond donors (Lipinski definition) is 1. The SMILES string of the molecule is COc1ccc(C2CCCN2C(=O)NC(C)c2cccc(OC(C)C)c2)c(OC)c1. The molecule has 1 heterocycles. The summed E-state index contributed by atoms with van der Waals surface area (Å²) >= 11 is 0. The van der Waals surface area contributed by atoms with Gasteiger partial charge in [0.05, 0.1) is 32.4 Å². The Hall–Kier alpha value is -2.89. The number of rotatable bonds is 7. The fourth-order valence-corrected chi connectivity index (χ4v) is 3.91. The predicted octanol–water partition coefficient (Wildman–Crippen LogP) is 5.10. The van der Waals surface area contributed by atoms with Gasteiger partial charge in [-0.25, -0.2) is 4.79 Å². The Bertz CT molecular complexity index is 868. The molecule has 6 heteroatoms. The monoisotopic (exact) mass is 412 g/mol. The molecule has 2 amide bonds. The summed E-state index contributed by atoms with van der Waals surface area (Å²) in [7, 11) is 3.28. The average molecular weight is 413 g/mol. The van der Waals surface area contributed by atoms with Crippen molar-refractivity contribution >= 4 is 6.03 Å². The summed E-state index contributed by atoms with van der Waals surface area (Å²) in [4.78, 5) is 15.0. The number of ether oxygens (including phenoxy) is 3. The number of amides is 2. The van der Waals surface area contributed by atoms with E-state index in [1.54, 1.807) is 14.2 Å². The highest BCUT2D eigenvalue weighted by atomic mass is 16.5. The van der Waals surface area contributed by atoms with Crippen molar-refractivity contribution in [1.29, 1.82) is 0 Å². The van der Waals surface area contributed by atoms with Gasteiger partial charge < -0.3 is 24.4 Å². The normalized spacial score (nSPS) is 17.0. The highest BCUT2D eigenvalue weighted by Gasteiger charge is 2.32. The van der Waals surface area contributed by atoms with E-state index >= 15 is 0 Å². The number of carbonyl (C=O) groups excluding carboxylic acids is 1. The number of benzene rings is 2. The van der Waals surface area contributed by atoms with Gasteiger partial charge in [0, 0.05) is 18.2 Å². The summed E-state index contributed by atoms with van der Waals surface area (Å²) in [6.45, 7) is 6.71. The molecule has 1 aliphatic rings. The minimum absolute atomic E-state index is 0.0198. The van der Waals surface area contributed by atoms with Gasteiger partial charge in [-0.3, -0.25) is 0 Å². The molecule has 0 aromatic heterocycles. The third kappa shape index (κ3) is 4.99. The molecule has 2 unspecified atom stereocenters. The number of nitrogens with one attached hydrogen (secondary N) is 1. The van der Waals surface area contributed by atoms with E-state index in [1.165, 1.54) is 0 Å². The number of carbonyl (C=O) groups is 1. The fourth-order valence-electron chi connectivity index (χ4n) is 3.91. The molecule has 0 aliphatic carbocycles. The van der Waals surface area contributed by atoms with Crippen LogP contribution >= 0.6 is 0 Å². The van der Waals surface area contributed by atoms with Crippen LogP contribution in [0.25, 0.3) is 0 Å². The second-order valence-corrected chi connectivity index (χ2v) is 7.87. The van der Waals surface area contributed by atoms with E-state index in [4.69, 9.17) is 14.2 Å². The van der Waals surface area contributed by atoms with Crippen LogP contribution in [0.5, 0.6) is 17.2 Å². The van der Waals surface area contributed by atoms with Crippen LogP contribution in [0.2, 0.25) is 0 Å². The molecule has 0 spiro atoms. The van der Waals surface area contributed by atoms with Crippen LogP contribution in [0, 0.1) is 0 Å². The Morgan fingerprint density at radius 1 is 1.07 bits per heavy atom. The van der Waals surface area contributed by atoms with Gasteiger partial charge in [-0.1, -0.05) is 12.1 Å².